The Morgan fingerprint density at radius 2 is 2.19 bits per heavy atom. The molecule has 2 heterocycles. The van der Waals surface area contributed by atoms with Crippen molar-refractivity contribution in [2.45, 2.75) is 31.7 Å². The zero-order valence-corrected chi connectivity index (χ0v) is 12.0. The third-order valence-corrected chi connectivity index (χ3v) is 3.72. The van der Waals surface area contributed by atoms with Crippen molar-refractivity contribution in [2.24, 2.45) is 7.05 Å². The van der Waals surface area contributed by atoms with E-state index in [4.69, 9.17) is 4.74 Å². The number of hydrogen-bond donors (Lipinski definition) is 2. The van der Waals surface area contributed by atoms with Crippen LogP contribution < -0.4 is 5.32 Å². The predicted molar refractivity (Wildman–Crippen MR) is 73.3 cm³/mol. The lowest BCUT2D eigenvalue weighted by Crippen LogP contribution is -2.51. The number of hydrogen-bond acceptors (Lipinski definition) is 6. The lowest BCUT2D eigenvalue weighted by atomic mass is 9.90. The van der Waals surface area contributed by atoms with Crippen LogP contribution in [0.2, 0.25) is 0 Å². The number of carboxylic acids is 1. The molecule has 1 saturated heterocycles. The van der Waals surface area contributed by atoms with Crippen molar-refractivity contribution < 1.29 is 19.6 Å². The summed E-state index contributed by atoms with van der Waals surface area (Å²) in [6.45, 7) is 2.36. The summed E-state index contributed by atoms with van der Waals surface area (Å²) in [6.07, 6.45) is 0.882. The van der Waals surface area contributed by atoms with Crippen LogP contribution in [0.4, 0.5) is 11.5 Å². The van der Waals surface area contributed by atoms with Crippen LogP contribution in [0.3, 0.4) is 0 Å². The Balaban J connectivity index is 2.44. The number of carbonyl (C=O) groups is 1. The molecule has 1 aliphatic rings. The van der Waals surface area contributed by atoms with Gasteiger partial charge in [-0.15, -0.1) is 0 Å². The maximum absolute atomic E-state index is 11.6. The third kappa shape index (κ3) is 2.68. The molecule has 21 heavy (non-hydrogen) atoms. The van der Waals surface area contributed by atoms with E-state index >= 15 is 0 Å². The Hall–Kier alpha value is -2.16. The second-order valence-electron chi connectivity index (χ2n) is 5.00. The molecule has 1 aliphatic heterocycles. The quantitative estimate of drug-likeness (QED) is 0.613. The lowest BCUT2D eigenvalue weighted by molar-refractivity contribution is -0.384. The van der Waals surface area contributed by atoms with Crippen LogP contribution in [0.15, 0.2) is 0 Å². The molecule has 0 radical (unpaired) electrons. The Labute approximate surface area is 121 Å². The molecule has 0 saturated carbocycles. The van der Waals surface area contributed by atoms with E-state index in [1.54, 1.807) is 14.0 Å². The number of carboxylic acid groups (broad SMARTS) is 1. The van der Waals surface area contributed by atoms with Crippen molar-refractivity contribution >= 4 is 17.5 Å². The van der Waals surface area contributed by atoms with Gasteiger partial charge in [-0.05, 0) is 6.42 Å². The summed E-state index contributed by atoms with van der Waals surface area (Å²) in [6, 6.07) is 0. The SMILES string of the molecule is CCc1nn(C)c(NC2(C(=O)O)CCOCC2)c1[N+](=O)[O-]. The summed E-state index contributed by atoms with van der Waals surface area (Å²) in [4.78, 5) is 22.4. The Morgan fingerprint density at radius 3 is 2.67 bits per heavy atom. The van der Waals surface area contributed by atoms with Gasteiger partial charge in [0.15, 0.2) is 0 Å². The number of nitro groups is 1. The topological polar surface area (TPSA) is 120 Å². The number of aryl methyl sites for hydroxylation is 2. The molecule has 9 heteroatoms. The first-order chi connectivity index (χ1) is 9.91. The highest BCUT2D eigenvalue weighted by Crippen LogP contribution is 2.34. The first-order valence-corrected chi connectivity index (χ1v) is 6.71. The number of rotatable bonds is 5. The number of nitrogens with one attached hydrogen (secondary N) is 1. The number of anilines is 1. The molecular weight excluding hydrogens is 280 g/mol. The zero-order chi connectivity index (χ0) is 15.6. The highest BCUT2D eigenvalue weighted by molar-refractivity contribution is 5.83. The second-order valence-corrected chi connectivity index (χ2v) is 5.00. The maximum Gasteiger partial charge on any atom is 0.334 e. The molecular formula is C12H18N4O5. The van der Waals surface area contributed by atoms with Gasteiger partial charge in [-0.2, -0.15) is 5.10 Å². The van der Waals surface area contributed by atoms with Gasteiger partial charge >= 0.3 is 11.7 Å². The van der Waals surface area contributed by atoms with Crippen molar-refractivity contribution in [3.8, 4) is 0 Å². The maximum atomic E-state index is 11.6. The minimum absolute atomic E-state index is 0.126. The molecule has 9 nitrogen and oxygen atoms in total. The fourth-order valence-electron chi connectivity index (χ4n) is 2.48. The van der Waals surface area contributed by atoms with Crippen molar-refractivity contribution in [2.75, 3.05) is 18.5 Å². The summed E-state index contributed by atoms with van der Waals surface area (Å²) in [5.41, 5.74) is -1.09. The van der Waals surface area contributed by atoms with Gasteiger partial charge in [-0.1, -0.05) is 6.92 Å². The fourth-order valence-corrected chi connectivity index (χ4v) is 2.48. The molecule has 0 spiro atoms. The van der Waals surface area contributed by atoms with Gasteiger partial charge in [0.1, 0.15) is 11.2 Å². The molecule has 0 unspecified atom stereocenters. The number of aromatic nitrogens is 2. The molecule has 0 atom stereocenters. The summed E-state index contributed by atoms with van der Waals surface area (Å²) < 4.78 is 6.52. The molecule has 2 N–H and O–H groups in total. The molecule has 2 rings (SSSR count). The highest BCUT2D eigenvalue weighted by Gasteiger charge is 2.43. The van der Waals surface area contributed by atoms with E-state index in [9.17, 15) is 20.0 Å². The Bertz CT molecular complexity index is 562. The van der Waals surface area contributed by atoms with Gasteiger partial charge in [0.05, 0.1) is 4.92 Å². The van der Waals surface area contributed by atoms with Gasteiger partial charge in [-0.25, -0.2) is 9.48 Å². The largest absolute Gasteiger partial charge is 0.480 e. The molecule has 0 amide bonds. The predicted octanol–water partition coefficient (Wildman–Crippen LogP) is 0.936. The van der Waals surface area contributed by atoms with E-state index in [0.29, 0.717) is 25.3 Å². The van der Waals surface area contributed by atoms with Gasteiger partial charge in [0.25, 0.3) is 0 Å². The molecule has 0 aliphatic carbocycles. The summed E-state index contributed by atoms with van der Waals surface area (Å²) in [5, 5.41) is 27.7. The van der Waals surface area contributed by atoms with E-state index in [1.165, 1.54) is 4.68 Å². The van der Waals surface area contributed by atoms with Crippen molar-refractivity contribution in [3.63, 3.8) is 0 Å². The Kier molecular flexibility index (Phi) is 4.12. The minimum atomic E-state index is -1.26. The van der Waals surface area contributed by atoms with Crippen LogP contribution in [-0.4, -0.2) is 44.5 Å². The molecule has 1 aromatic heterocycles. The van der Waals surface area contributed by atoms with E-state index < -0.39 is 16.4 Å². The molecule has 1 fully saturated rings. The van der Waals surface area contributed by atoms with Gasteiger partial charge in [0, 0.05) is 33.1 Å². The van der Waals surface area contributed by atoms with E-state index in [-0.39, 0.29) is 24.3 Å². The normalized spacial score (nSPS) is 17.4. The van der Waals surface area contributed by atoms with Gasteiger partial charge < -0.3 is 15.2 Å². The first-order valence-electron chi connectivity index (χ1n) is 6.71. The van der Waals surface area contributed by atoms with E-state index in [1.807, 2.05) is 0 Å². The average Bonchev–Trinajstić information content (AvgIpc) is 2.76. The summed E-state index contributed by atoms with van der Waals surface area (Å²) >= 11 is 0. The molecule has 0 bridgehead atoms. The summed E-state index contributed by atoms with van der Waals surface area (Å²) in [5.74, 6) is -0.916. The zero-order valence-electron chi connectivity index (χ0n) is 12.0. The number of aliphatic carboxylic acids is 1. The van der Waals surface area contributed by atoms with Gasteiger partial charge in [0.2, 0.25) is 5.82 Å². The minimum Gasteiger partial charge on any atom is -0.480 e. The number of nitrogens with zero attached hydrogens (tertiary/aromatic N) is 3. The third-order valence-electron chi connectivity index (χ3n) is 3.72. The van der Waals surface area contributed by atoms with E-state index in [0.717, 1.165) is 0 Å². The first kappa shape index (κ1) is 15.2. The summed E-state index contributed by atoms with van der Waals surface area (Å²) in [7, 11) is 1.56. The standard InChI is InChI=1S/C12H18N4O5/c1-3-8-9(16(19)20)10(15(2)14-8)13-12(11(17)18)4-6-21-7-5-12/h13H,3-7H2,1-2H3,(H,17,18). The van der Waals surface area contributed by atoms with Crippen molar-refractivity contribution in [1.82, 2.24) is 9.78 Å². The molecule has 0 aromatic carbocycles. The van der Waals surface area contributed by atoms with Crippen molar-refractivity contribution in [1.29, 1.82) is 0 Å². The number of ether oxygens (including phenoxy) is 1. The van der Waals surface area contributed by atoms with Crippen molar-refractivity contribution in [3.05, 3.63) is 15.8 Å². The van der Waals surface area contributed by atoms with Crippen LogP contribution in [0.1, 0.15) is 25.5 Å². The fraction of sp³-hybridized carbons (Fsp3) is 0.667. The van der Waals surface area contributed by atoms with Crippen LogP contribution in [0, 0.1) is 10.1 Å². The van der Waals surface area contributed by atoms with Crippen LogP contribution >= 0.6 is 0 Å². The van der Waals surface area contributed by atoms with Crippen LogP contribution in [-0.2, 0) is 23.0 Å². The lowest BCUT2D eigenvalue weighted by Gasteiger charge is -2.34. The average molecular weight is 298 g/mol. The highest BCUT2D eigenvalue weighted by atomic mass is 16.6. The smallest absolute Gasteiger partial charge is 0.334 e. The van der Waals surface area contributed by atoms with E-state index in [2.05, 4.69) is 10.4 Å². The monoisotopic (exact) mass is 298 g/mol. The molecule has 1 aromatic rings. The van der Waals surface area contributed by atoms with Crippen LogP contribution in [0.25, 0.3) is 0 Å². The molecule has 116 valence electrons. The van der Waals surface area contributed by atoms with Crippen LogP contribution in [0.5, 0.6) is 0 Å². The second kappa shape index (κ2) is 5.68. The van der Waals surface area contributed by atoms with Gasteiger partial charge in [-0.3, -0.25) is 10.1 Å². The Morgan fingerprint density at radius 1 is 1.57 bits per heavy atom.